The fourth-order valence-corrected chi connectivity index (χ4v) is 2.46. The van der Waals surface area contributed by atoms with Crippen molar-refractivity contribution >= 4 is 28.7 Å². The zero-order chi connectivity index (χ0) is 15.0. The first kappa shape index (κ1) is 13.8. The zero-order valence-corrected chi connectivity index (χ0v) is 12.5. The summed E-state index contributed by atoms with van der Waals surface area (Å²) >= 11 is 5.08. The highest BCUT2D eigenvalue weighted by Gasteiger charge is 2.27. The molecule has 1 aliphatic rings. The van der Waals surface area contributed by atoms with Gasteiger partial charge < -0.3 is 15.6 Å². The van der Waals surface area contributed by atoms with E-state index in [1.807, 2.05) is 36.2 Å². The minimum absolute atomic E-state index is 0.137. The average molecular weight is 300 g/mol. The molecule has 0 unspecified atom stereocenters. The summed E-state index contributed by atoms with van der Waals surface area (Å²) < 4.78 is 0. The second kappa shape index (κ2) is 5.29. The summed E-state index contributed by atoms with van der Waals surface area (Å²) in [5, 5.41) is 0. The van der Waals surface area contributed by atoms with E-state index in [9.17, 15) is 4.79 Å². The summed E-state index contributed by atoms with van der Waals surface area (Å²) in [5.74, 6) is 1.75. The van der Waals surface area contributed by atoms with Crippen LogP contribution in [0.25, 0.3) is 0 Å². The summed E-state index contributed by atoms with van der Waals surface area (Å²) in [7, 11) is 1.86. The summed E-state index contributed by atoms with van der Waals surface area (Å²) in [6.45, 7) is 0. The lowest BCUT2D eigenvalue weighted by atomic mass is 10.1. The van der Waals surface area contributed by atoms with Crippen LogP contribution < -0.4 is 16.2 Å². The van der Waals surface area contributed by atoms with E-state index in [0.29, 0.717) is 16.7 Å². The van der Waals surface area contributed by atoms with Gasteiger partial charge in [0.15, 0.2) is 0 Å². The molecule has 0 aliphatic heterocycles. The summed E-state index contributed by atoms with van der Waals surface area (Å²) in [6, 6.07) is 9.05. The monoisotopic (exact) mass is 300 g/mol. The molecule has 1 heterocycles. The highest BCUT2D eigenvalue weighted by Crippen LogP contribution is 2.38. The van der Waals surface area contributed by atoms with Crippen molar-refractivity contribution in [3.8, 4) is 0 Å². The topological polar surface area (TPSA) is 75.0 Å². The van der Waals surface area contributed by atoms with Gasteiger partial charge in [0, 0.05) is 24.6 Å². The van der Waals surface area contributed by atoms with Crippen LogP contribution in [0.5, 0.6) is 0 Å². The number of anilines is 2. The predicted octanol–water partition coefficient (Wildman–Crippen LogP) is 2.05. The van der Waals surface area contributed by atoms with Crippen LogP contribution in [-0.2, 0) is 0 Å². The van der Waals surface area contributed by atoms with Crippen molar-refractivity contribution in [1.82, 2.24) is 9.97 Å². The van der Waals surface area contributed by atoms with Crippen LogP contribution in [0.3, 0.4) is 0 Å². The lowest BCUT2D eigenvalue weighted by Crippen LogP contribution is -2.21. The molecule has 0 spiro atoms. The third-order valence-electron chi connectivity index (χ3n) is 3.59. The molecular weight excluding hydrogens is 284 g/mol. The molecule has 0 amide bonds. The van der Waals surface area contributed by atoms with Gasteiger partial charge in [-0.3, -0.25) is 4.79 Å². The number of aromatic nitrogens is 2. The molecule has 3 N–H and O–H groups in total. The predicted molar refractivity (Wildman–Crippen MR) is 87.2 cm³/mol. The Morgan fingerprint density at radius 1 is 1.43 bits per heavy atom. The number of hydrogen-bond acceptors (Lipinski definition) is 4. The molecule has 108 valence electrons. The molecule has 1 fully saturated rings. The maximum absolute atomic E-state index is 11.8. The Morgan fingerprint density at radius 3 is 2.81 bits per heavy atom. The average Bonchev–Trinajstić information content (AvgIpc) is 3.30. The van der Waals surface area contributed by atoms with E-state index >= 15 is 0 Å². The lowest BCUT2D eigenvalue weighted by molar-refractivity contribution is 0.897. The van der Waals surface area contributed by atoms with Crippen molar-refractivity contribution in [3.05, 3.63) is 52.1 Å². The number of aromatic amines is 1. The molecule has 0 atom stereocenters. The first-order valence-electron chi connectivity index (χ1n) is 6.80. The van der Waals surface area contributed by atoms with Crippen molar-refractivity contribution in [1.29, 1.82) is 0 Å². The van der Waals surface area contributed by atoms with Crippen LogP contribution in [0.15, 0.2) is 35.1 Å². The Labute approximate surface area is 127 Å². The van der Waals surface area contributed by atoms with Gasteiger partial charge in [0.1, 0.15) is 16.6 Å². The fourth-order valence-electron chi connectivity index (χ4n) is 2.28. The molecule has 0 saturated heterocycles. The molecule has 5 nitrogen and oxygen atoms in total. The van der Waals surface area contributed by atoms with E-state index in [1.165, 1.54) is 6.07 Å². The molecule has 3 rings (SSSR count). The smallest absolute Gasteiger partial charge is 0.253 e. The quantitative estimate of drug-likeness (QED) is 0.845. The molecule has 21 heavy (non-hydrogen) atoms. The van der Waals surface area contributed by atoms with Gasteiger partial charge in [-0.25, -0.2) is 4.98 Å². The van der Waals surface area contributed by atoms with Crippen molar-refractivity contribution in [2.75, 3.05) is 11.9 Å². The molecule has 2 aromatic rings. The van der Waals surface area contributed by atoms with Gasteiger partial charge in [0.05, 0.1) is 5.69 Å². The van der Waals surface area contributed by atoms with Gasteiger partial charge in [-0.1, -0.05) is 24.4 Å². The maximum atomic E-state index is 11.8. The highest BCUT2D eigenvalue weighted by molar-refractivity contribution is 7.80. The van der Waals surface area contributed by atoms with Crippen LogP contribution in [-0.4, -0.2) is 22.0 Å². The molecular formula is C15H16N4OS. The normalized spacial score (nSPS) is 14.0. The fraction of sp³-hybridized carbons (Fsp3) is 0.267. The van der Waals surface area contributed by atoms with Crippen LogP contribution in [0.1, 0.15) is 30.1 Å². The number of nitrogens with one attached hydrogen (secondary N) is 1. The Kier molecular flexibility index (Phi) is 3.47. The largest absolute Gasteiger partial charge is 0.389 e. The molecule has 0 bridgehead atoms. The van der Waals surface area contributed by atoms with E-state index in [0.717, 1.165) is 29.9 Å². The third kappa shape index (κ3) is 2.80. The highest BCUT2D eigenvalue weighted by atomic mass is 32.1. The molecule has 1 aliphatic carbocycles. The SMILES string of the molecule is CN(c1cc(=O)[nH]c(C2CC2)n1)c1ccccc1C(N)=S. The van der Waals surface area contributed by atoms with E-state index in [1.54, 1.807) is 0 Å². The molecule has 1 aromatic heterocycles. The second-order valence-electron chi connectivity index (χ2n) is 5.20. The third-order valence-corrected chi connectivity index (χ3v) is 3.80. The van der Waals surface area contributed by atoms with Gasteiger partial charge in [-0.15, -0.1) is 0 Å². The Hall–Kier alpha value is -2.21. The van der Waals surface area contributed by atoms with E-state index in [4.69, 9.17) is 18.0 Å². The van der Waals surface area contributed by atoms with Gasteiger partial charge in [-0.05, 0) is 25.0 Å². The summed E-state index contributed by atoms with van der Waals surface area (Å²) in [5.41, 5.74) is 7.23. The number of para-hydroxylation sites is 1. The molecule has 0 radical (unpaired) electrons. The Balaban J connectivity index is 2.04. The minimum atomic E-state index is -0.137. The number of nitrogens with two attached hydrogens (primary N) is 1. The number of thiocarbonyl (C=S) groups is 1. The summed E-state index contributed by atoms with van der Waals surface area (Å²) in [6.07, 6.45) is 2.17. The summed E-state index contributed by atoms with van der Waals surface area (Å²) in [4.78, 5) is 21.4. The number of benzene rings is 1. The van der Waals surface area contributed by atoms with Crippen LogP contribution >= 0.6 is 12.2 Å². The first-order chi connectivity index (χ1) is 10.1. The van der Waals surface area contributed by atoms with Crippen molar-refractivity contribution in [2.45, 2.75) is 18.8 Å². The Bertz CT molecular complexity index is 751. The molecule has 1 aromatic carbocycles. The number of H-pyrrole nitrogens is 1. The lowest BCUT2D eigenvalue weighted by Gasteiger charge is -2.21. The minimum Gasteiger partial charge on any atom is -0.389 e. The van der Waals surface area contributed by atoms with Crippen LogP contribution in [0, 0.1) is 0 Å². The molecule has 1 saturated carbocycles. The molecule has 6 heteroatoms. The number of rotatable bonds is 4. The van der Waals surface area contributed by atoms with E-state index < -0.39 is 0 Å². The van der Waals surface area contributed by atoms with Gasteiger partial charge >= 0.3 is 0 Å². The number of nitrogens with zero attached hydrogens (tertiary/aromatic N) is 2. The van der Waals surface area contributed by atoms with Crippen molar-refractivity contribution in [3.63, 3.8) is 0 Å². The number of hydrogen-bond donors (Lipinski definition) is 2. The Morgan fingerprint density at radius 2 is 2.14 bits per heavy atom. The van der Waals surface area contributed by atoms with Gasteiger partial charge in [-0.2, -0.15) is 0 Å². The first-order valence-corrected chi connectivity index (χ1v) is 7.21. The van der Waals surface area contributed by atoms with Crippen molar-refractivity contribution < 1.29 is 0 Å². The zero-order valence-electron chi connectivity index (χ0n) is 11.7. The van der Waals surface area contributed by atoms with Gasteiger partial charge in [0.2, 0.25) is 0 Å². The second-order valence-corrected chi connectivity index (χ2v) is 5.64. The van der Waals surface area contributed by atoms with Crippen LogP contribution in [0.2, 0.25) is 0 Å². The van der Waals surface area contributed by atoms with Crippen molar-refractivity contribution in [2.24, 2.45) is 5.73 Å². The van der Waals surface area contributed by atoms with E-state index in [2.05, 4.69) is 9.97 Å². The maximum Gasteiger partial charge on any atom is 0.253 e. The van der Waals surface area contributed by atoms with Crippen LogP contribution in [0.4, 0.5) is 11.5 Å². The van der Waals surface area contributed by atoms with Gasteiger partial charge in [0.25, 0.3) is 5.56 Å². The van der Waals surface area contributed by atoms with E-state index in [-0.39, 0.29) is 5.56 Å². The standard InChI is InChI=1S/C15H16N4OS/c1-19(11-5-3-2-4-10(11)14(16)21)12-8-13(20)18-15(17-12)9-6-7-9/h2-5,8-9H,6-7H2,1H3,(H2,16,21)(H,17,18,20).